The summed E-state index contributed by atoms with van der Waals surface area (Å²) < 4.78 is 17.7. The molecular formula is C10H11ClFNO2. The molecular weight excluding hydrogens is 221 g/mol. The highest BCUT2D eigenvalue weighted by molar-refractivity contribution is 6.30. The second kappa shape index (κ2) is 5.09. The molecule has 0 amide bonds. The molecule has 0 heterocycles. The van der Waals surface area contributed by atoms with Crippen molar-refractivity contribution in [1.29, 1.82) is 0 Å². The van der Waals surface area contributed by atoms with Crippen LogP contribution in [0.1, 0.15) is 5.56 Å². The molecule has 1 atom stereocenters. The monoisotopic (exact) mass is 231 g/mol. The molecule has 1 rings (SSSR count). The summed E-state index contributed by atoms with van der Waals surface area (Å²) in [6.45, 7) is 0. The summed E-state index contributed by atoms with van der Waals surface area (Å²) in [6.07, 6.45) is 0.0929. The van der Waals surface area contributed by atoms with E-state index in [1.807, 2.05) is 0 Å². The largest absolute Gasteiger partial charge is 0.468 e. The smallest absolute Gasteiger partial charge is 0.322 e. The van der Waals surface area contributed by atoms with Crippen molar-refractivity contribution >= 4 is 17.6 Å². The lowest BCUT2D eigenvalue weighted by atomic mass is 10.1. The van der Waals surface area contributed by atoms with Crippen molar-refractivity contribution in [3.05, 3.63) is 34.6 Å². The number of rotatable bonds is 3. The van der Waals surface area contributed by atoms with Crippen LogP contribution < -0.4 is 5.73 Å². The molecule has 0 fully saturated rings. The number of esters is 1. The fraction of sp³-hybridized carbons (Fsp3) is 0.300. The van der Waals surface area contributed by atoms with E-state index in [2.05, 4.69) is 4.74 Å². The number of nitrogens with two attached hydrogens (primary N) is 1. The number of hydrogen-bond acceptors (Lipinski definition) is 3. The standard InChI is InChI=1S/C10H11ClFNO2/c1-15-10(14)9(13)4-6-2-3-7(11)5-8(6)12/h2-3,5,9H,4,13H2,1H3/t9-/m1/s1. The molecule has 15 heavy (non-hydrogen) atoms. The molecule has 2 N–H and O–H groups in total. The maximum atomic E-state index is 13.3. The first-order chi connectivity index (χ1) is 7.04. The normalized spacial score (nSPS) is 12.3. The molecule has 0 saturated heterocycles. The molecule has 0 saturated carbocycles. The molecule has 0 unspecified atom stereocenters. The number of methoxy groups -OCH3 is 1. The van der Waals surface area contributed by atoms with Gasteiger partial charge in [0, 0.05) is 11.4 Å². The third-order valence-corrected chi connectivity index (χ3v) is 2.19. The zero-order valence-electron chi connectivity index (χ0n) is 8.17. The average Bonchev–Trinajstić information content (AvgIpc) is 2.20. The second-order valence-corrected chi connectivity index (χ2v) is 3.51. The van der Waals surface area contributed by atoms with Crippen LogP contribution in [0, 0.1) is 5.82 Å². The molecule has 0 aromatic heterocycles. The fourth-order valence-corrected chi connectivity index (χ4v) is 1.32. The Labute approximate surface area is 92.0 Å². The van der Waals surface area contributed by atoms with Crippen molar-refractivity contribution in [1.82, 2.24) is 0 Å². The van der Waals surface area contributed by atoms with Gasteiger partial charge in [0.2, 0.25) is 0 Å². The minimum Gasteiger partial charge on any atom is -0.468 e. The molecule has 0 aliphatic rings. The molecule has 0 radical (unpaired) electrons. The minimum atomic E-state index is -0.856. The van der Waals surface area contributed by atoms with Gasteiger partial charge in [0.15, 0.2) is 0 Å². The van der Waals surface area contributed by atoms with Crippen LogP contribution >= 0.6 is 11.6 Å². The molecule has 1 aromatic carbocycles. The average molecular weight is 232 g/mol. The maximum Gasteiger partial charge on any atom is 0.322 e. The van der Waals surface area contributed by atoms with Gasteiger partial charge in [-0.1, -0.05) is 17.7 Å². The van der Waals surface area contributed by atoms with Gasteiger partial charge in [0.1, 0.15) is 11.9 Å². The Morgan fingerprint density at radius 3 is 2.87 bits per heavy atom. The summed E-state index contributed by atoms with van der Waals surface area (Å²) in [7, 11) is 1.24. The van der Waals surface area contributed by atoms with Crippen molar-refractivity contribution in [2.24, 2.45) is 5.73 Å². The Morgan fingerprint density at radius 1 is 1.67 bits per heavy atom. The zero-order valence-corrected chi connectivity index (χ0v) is 8.92. The van der Waals surface area contributed by atoms with E-state index in [4.69, 9.17) is 17.3 Å². The van der Waals surface area contributed by atoms with Gasteiger partial charge < -0.3 is 10.5 Å². The van der Waals surface area contributed by atoms with Gasteiger partial charge in [-0.05, 0) is 17.7 Å². The molecule has 0 bridgehead atoms. The Morgan fingerprint density at radius 2 is 2.33 bits per heavy atom. The van der Waals surface area contributed by atoms with Crippen molar-refractivity contribution in [3.8, 4) is 0 Å². The van der Waals surface area contributed by atoms with Crippen molar-refractivity contribution in [2.75, 3.05) is 7.11 Å². The van der Waals surface area contributed by atoms with Gasteiger partial charge >= 0.3 is 5.97 Å². The zero-order chi connectivity index (χ0) is 11.4. The second-order valence-electron chi connectivity index (χ2n) is 3.07. The van der Waals surface area contributed by atoms with Crippen molar-refractivity contribution in [2.45, 2.75) is 12.5 Å². The van der Waals surface area contributed by atoms with Crippen LogP contribution in [-0.2, 0) is 16.0 Å². The van der Waals surface area contributed by atoms with E-state index < -0.39 is 17.8 Å². The predicted octanol–water partition coefficient (Wildman–Crippen LogP) is 1.52. The van der Waals surface area contributed by atoms with E-state index in [0.29, 0.717) is 10.6 Å². The lowest BCUT2D eigenvalue weighted by Crippen LogP contribution is -2.33. The number of carbonyl (C=O) groups excluding carboxylic acids is 1. The topological polar surface area (TPSA) is 52.3 Å². The Hall–Kier alpha value is -1.13. The van der Waals surface area contributed by atoms with E-state index in [1.165, 1.54) is 19.2 Å². The summed E-state index contributed by atoms with van der Waals surface area (Å²) in [5, 5.41) is 0.308. The number of halogens is 2. The third kappa shape index (κ3) is 3.18. The third-order valence-electron chi connectivity index (χ3n) is 1.96. The first kappa shape index (κ1) is 11.9. The Balaban J connectivity index is 2.76. The highest BCUT2D eigenvalue weighted by Crippen LogP contribution is 2.15. The van der Waals surface area contributed by atoms with Crippen LogP contribution in [0.2, 0.25) is 5.02 Å². The van der Waals surface area contributed by atoms with E-state index in [-0.39, 0.29) is 6.42 Å². The quantitative estimate of drug-likeness (QED) is 0.803. The van der Waals surface area contributed by atoms with Gasteiger partial charge in [0.25, 0.3) is 0 Å². The molecule has 5 heteroatoms. The summed E-state index contributed by atoms with van der Waals surface area (Å²) >= 11 is 5.58. The molecule has 0 aliphatic heterocycles. The van der Waals surface area contributed by atoms with E-state index >= 15 is 0 Å². The first-order valence-corrected chi connectivity index (χ1v) is 4.69. The maximum absolute atomic E-state index is 13.3. The van der Waals surface area contributed by atoms with Crippen LogP contribution in [0.4, 0.5) is 4.39 Å². The molecule has 0 aliphatic carbocycles. The summed E-state index contributed by atoms with van der Waals surface area (Å²) in [6, 6.07) is 3.37. The van der Waals surface area contributed by atoms with Gasteiger partial charge in [-0.25, -0.2) is 4.39 Å². The van der Waals surface area contributed by atoms with Gasteiger partial charge in [-0.2, -0.15) is 0 Å². The van der Waals surface area contributed by atoms with Crippen LogP contribution in [0.15, 0.2) is 18.2 Å². The van der Waals surface area contributed by atoms with Crippen LogP contribution in [0.3, 0.4) is 0 Å². The van der Waals surface area contributed by atoms with E-state index in [0.717, 1.165) is 0 Å². The molecule has 82 valence electrons. The van der Waals surface area contributed by atoms with Crippen LogP contribution in [0.25, 0.3) is 0 Å². The predicted molar refractivity (Wildman–Crippen MR) is 55.1 cm³/mol. The minimum absolute atomic E-state index is 0.0929. The molecule has 0 spiro atoms. The van der Waals surface area contributed by atoms with Gasteiger partial charge in [0.05, 0.1) is 7.11 Å². The van der Waals surface area contributed by atoms with Crippen molar-refractivity contribution < 1.29 is 13.9 Å². The number of benzene rings is 1. The van der Waals surface area contributed by atoms with Crippen LogP contribution in [0.5, 0.6) is 0 Å². The molecule has 1 aromatic rings. The lowest BCUT2D eigenvalue weighted by molar-refractivity contribution is -0.142. The first-order valence-electron chi connectivity index (χ1n) is 4.32. The fourth-order valence-electron chi connectivity index (χ4n) is 1.16. The number of hydrogen-bond donors (Lipinski definition) is 1. The van der Waals surface area contributed by atoms with Gasteiger partial charge in [-0.3, -0.25) is 4.79 Å². The Bertz CT molecular complexity index is 370. The summed E-state index contributed by atoms with van der Waals surface area (Å²) in [4.78, 5) is 11.0. The summed E-state index contributed by atoms with van der Waals surface area (Å²) in [5.41, 5.74) is 5.84. The van der Waals surface area contributed by atoms with E-state index in [9.17, 15) is 9.18 Å². The number of carbonyl (C=O) groups is 1. The van der Waals surface area contributed by atoms with Crippen LogP contribution in [-0.4, -0.2) is 19.1 Å². The van der Waals surface area contributed by atoms with Crippen molar-refractivity contribution in [3.63, 3.8) is 0 Å². The number of ether oxygens (including phenoxy) is 1. The van der Waals surface area contributed by atoms with E-state index in [1.54, 1.807) is 6.07 Å². The highest BCUT2D eigenvalue weighted by Gasteiger charge is 2.16. The SMILES string of the molecule is COC(=O)[C@H](N)Cc1ccc(Cl)cc1F. The van der Waals surface area contributed by atoms with Gasteiger partial charge in [-0.15, -0.1) is 0 Å². The molecule has 3 nitrogen and oxygen atoms in total. The lowest BCUT2D eigenvalue weighted by Gasteiger charge is -2.09. The Kier molecular flexibility index (Phi) is 4.05. The summed E-state index contributed by atoms with van der Waals surface area (Å²) in [5.74, 6) is -1.04. The highest BCUT2D eigenvalue weighted by atomic mass is 35.5.